The van der Waals surface area contributed by atoms with Crippen molar-refractivity contribution < 1.29 is 13.2 Å². The van der Waals surface area contributed by atoms with E-state index in [0.717, 1.165) is 51.1 Å². The number of carbonyl (C=O) groups excluding carboxylic acids is 1. The zero-order valence-electron chi connectivity index (χ0n) is 19.5. The number of hydrogen-bond acceptors (Lipinski definition) is 4. The van der Waals surface area contributed by atoms with Crippen molar-refractivity contribution in [1.29, 1.82) is 0 Å². The minimum atomic E-state index is -3.58. The van der Waals surface area contributed by atoms with Gasteiger partial charge in [-0.15, -0.1) is 0 Å². The van der Waals surface area contributed by atoms with Gasteiger partial charge in [0, 0.05) is 43.8 Å². The van der Waals surface area contributed by atoms with Crippen LogP contribution >= 0.6 is 0 Å². The number of sulfonamides is 1. The molecule has 1 saturated carbocycles. The van der Waals surface area contributed by atoms with Gasteiger partial charge < -0.3 is 10.2 Å². The lowest BCUT2D eigenvalue weighted by Crippen LogP contribution is -2.46. The number of rotatable bonds is 6. The molecule has 1 amide bonds. The molecule has 0 radical (unpaired) electrons. The molecule has 2 aliphatic heterocycles. The number of carbonyl (C=O) groups is 1. The van der Waals surface area contributed by atoms with Gasteiger partial charge in [0.05, 0.1) is 4.90 Å². The standard InChI is InChI=1S/C25H39N3O3S/c1-20-8-5-6-15-28(20)32(30,31)24-12-7-11-22(18-24)25(29)26-23-13-16-27(17-14-23)19-21-9-3-2-4-10-21/h7,11-12,18,20-21,23H,2-6,8-10,13-17,19H2,1H3,(H,26,29). The maximum Gasteiger partial charge on any atom is 0.251 e. The van der Waals surface area contributed by atoms with Crippen LogP contribution in [0.1, 0.15) is 81.5 Å². The van der Waals surface area contributed by atoms with Gasteiger partial charge in [-0.05, 0) is 69.6 Å². The van der Waals surface area contributed by atoms with Gasteiger partial charge >= 0.3 is 0 Å². The topological polar surface area (TPSA) is 69.7 Å². The van der Waals surface area contributed by atoms with Crippen LogP contribution in [0.5, 0.6) is 0 Å². The van der Waals surface area contributed by atoms with E-state index in [4.69, 9.17) is 0 Å². The third kappa shape index (κ3) is 5.72. The van der Waals surface area contributed by atoms with Gasteiger partial charge in [0.1, 0.15) is 0 Å². The average molecular weight is 462 g/mol. The largest absolute Gasteiger partial charge is 0.349 e. The van der Waals surface area contributed by atoms with E-state index in [0.29, 0.717) is 12.1 Å². The second kappa shape index (κ2) is 10.7. The van der Waals surface area contributed by atoms with E-state index < -0.39 is 10.0 Å². The van der Waals surface area contributed by atoms with Crippen molar-refractivity contribution in [2.45, 2.75) is 88.1 Å². The van der Waals surface area contributed by atoms with Crippen molar-refractivity contribution in [2.75, 3.05) is 26.2 Å². The molecule has 0 bridgehead atoms. The number of hydrogen-bond donors (Lipinski definition) is 1. The highest BCUT2D eigenvalue weighted by Gasteiger charge is 2.31. The number of amides is 1. The first-order valence-electron chi connectivity index (χ1n) is 12.6. The lowest BCUT2D eigenvalue weighted by atomic mass is 9.88. The van der Waals surface area contributed by atoms with Gasteiger partial charge in [-0.25, -0.2) is 8.42 Å². The summed E-state index contributed by atoms with van der Waals surface area (Å²) in [5, 5.41) is 3.15. The fraction of sp³-hybridized carbons (Fsp3) is 0.720. The Morgan fingerprint density at radius 3 is 2.41 bits per heavy atom. The van der Waals surface area contributed by atoms with Crippen LogP contribution in [0.4, 0.5) is 0 Å². The van der Waals surface area contributed by atoms with E-state index in [2.05, 4.69) is 10.2 Å². The summed E-state index contributed by atoms with van der Waals surface area (Å²) in [5.74, 6) is 0.682. The summed E-state index contributed by atoms with van der Waals surface area (Å²) in [4.78, 5) is 15.7. The van der Waals surface area contributed by atoms with E-state index in [9.17, 15) is 13.2 Å². The Bertz CT molecular complexity index is 874. The summed E-state index contributed by atoms with van der Waals surface area (Å²) in [6, 6.07) is 6.72. The minimum Gasteiger partial charge on any atom is -0.349 e. The molecule has 2 heterocycles. The van der Waals surface area contributed by atoms with Crippen molar-refractivity contribution in [3.63, 3.8) is 0 Å². The molecule has 6 nitrogen and oxygen atoms in total. The fourth-order valence-electron chi connectivity index (χ4n) is 5.63. The van der Waals surface area contributed by atoms with E-state index in [-0.39, 0.29) is 22.9 Å². The maximum atomic E-state index is 13.2. The summed E-state index contributed by atoms with van der Waals surface area (Å²) in [6.07, 6.45) is 11.6. The van der Waals surface area contributed by atoms with E-state index in [1.165, 1.54) is 38.6 Å². The molecule has 3 aliphatic rings. The summed E-state index contributed by atoms with van der Waals surface area (Å²) >= 11 is 0. The van der Waals surface area contributed by atoms with Crippen LogP contribution in [0, 0.1) is 5.92 Å². The summed E-state index contributed by atoms with van der Waals surface area (Å²) in [5.41, 5.74) is 0.431. The highest BCUT2D eigenvalue weighted by Crippen LogP contribution is 2.27. The molecule has 1 aliphatic carbocycles. The van der Waals surface area contributed by atoms with Crippen LogP contribution in [0.2, 0.25) is 0 Å². The van der Waals surface area contributed by atoms with Gasteiger partial charge in [-0.3, -0.25) is 4.79 Å². The zero-order chi connectivity index (χ0) is 22.6. The quantitative estimate of drug-likeness (QED) is 0.695. The van der Waals surface area contributed by atoms with E-state index in [1.807, 2.05) is 6.92 Å². The molecule has 7 heteroatoms. The first-order chi connectivity index (χ1) is 15.4. The smallest absolute Gasteiger partial charge is 0.251 e. The highest BCUT2D eigenvalue weighted by atomic mass is 32.2. The molecule has 0 aromatic heterocycles. The molecule has 1 atom stereocenters. The lowest BCUT2D eigenvalue weighted by molar-refractivity contribution is 0.0901. The maximum absolute atomic E-state index is 13.2. The molecule has 32 heavy (non-hydrogen) atoms. The third-order valence-electron chi connectivity index (χ3n) is 7.61. The van der Waals surface area contributed by atoms with Crippen molar-refractivity contribution in [1.82, 2.24) is 14.5 Å². The number of benzene rings is 1. The SMILES string of the molecule is CC1CCCCN1S(=O)(=O)c1cccc(C(=O)NC2CCN(CC3CCCCC3)CC2)c1. The summed E-state index contributed by atoms with van der Waals surface area (Å²) in [6.45, 7) is 5.79. The molecule has 0 spiro atoms. The predicted octanol–water partition coefficient (Wildman–Crippen LogP) is 4.02. The Hall–Kier alpha value is -1.44. The molecule has 1 aromatic carbocycles. The van der Waals surface area contributed by atoms with Crippen LogP contribution in [-0.2, 0) is 10.0 Å². The Kier molecular flexibility index (Phi) is 7.90. The van der Waals surface area contributed by atoms with Crippen LogP contribution in [0.3, 0.4) is 0 Å². The number of nitrogens with zero attached hydrogens (tertiary/aromatic N) is 2. The molecule has 1 unspecified atom stereocenters. The number of likely N-dealkylation sites (tertiary alicyclic amines) is 1. The lowest BCUT2D eigenvalue weighted by Gasteiger charge is -2.35. The average Bonchev–Trinajstić information content (AvgIpc) is 2.81. The zero-order valence-corrected chi connectivity index (χ0v) is 20.3. The first kappa shape index (κ1) is 23.7. The number of nitrogens with one attached hydrogen (secondary N) is 1. The second-order valence-corrected chi connectivity index (χ2v) is 11.9. The molecule has 178 valence electrons. The van der Waals surface area contributed by atoms with Crippen molar-refractivity contribution in [2.24, 2.45) is 5.92 Å². The van der Waals surface area contributed by atoms with Gasteiger partial charge in [-0.2, -0.15) is 4.31 Å². The van der Waals surface area contributed by atoms with E-state index in [1.54, 1.807) is 28.6 Å². The van der Waals surface area contributed by atoms with Crippen molar-refractivity contribution in [3.05, 3.63) is 29.8 Å². The molecule has 2 saturated heterocycles. The van der Waals surface area contributed by atoms with Crippen LogP contribution < -0.4 is 5.32 Å². The molecular weight excluding hydrogens is 422 g/mol. The third-order valence-corrected chi connectivity index (χ3v) is 9.62. The monoisotopic (exact) mass is 461 g/mol. The van der Waals surface area contributed by atoms with Crippen LogP contribution in [-0.4, -0.2) is 61.8 Å². The predicted molar refractivity (Wildman–Crippen MR) is 127 cm³/mol. The second-order valence-electron chi connectivity index (χ2n) is 10.0. The normalized spacial score (nSPS) is 25.0. The molecule has 4 rings (SSSR count). The molecular formula is C25H39N3O3S. The summed E-state index contributed by atoms with van der Waals surface area (Å²) < 4.78 is 27.9. The fourth-order valence-corrected chi connectivity index (χ4v) is 7.37. The van der Waals surface area contributed by atoms with Crippen LogP contribution in [0.15, 0.2) is 29.2 Å². The molecule has 1 aromatic rings. The Labute approximate surface area is 193 Å². The van der Waals surface area contributed by atoms with Crippen LogP contribution in [0.25, 0.3) is 0 Å². The highest BCUT2D eigenvalue weighted by molar-refractivity contribution is 7.89. The Balaban J connectivity index is 1.32. The van der Waals surface area contributed by atoms with E-state index >= 15 is 0 Å². The van der Waals surface area contributed by atoms with Crippen molar-refractivity contribution >= 4 is 15.9 Å². The summed E-state index contributed by atoms with van der Waals surface area (Å²) in [7, 11) is -3.58. The van der Waals surface area contributed by atoms with Gasteiger partial charge in [0.2, 0.25) is 10.0 Å². The minimum absolute atomic E-state index is 0.00465. The van der Waals surface area contributed by atoms with Gasteiger partial charge in [-0.1, -0.05) is 31.7 Å². The molecule has 1 N–H and O–H groups in total. The van der Waals surface area contributed by atoms with Crippen molar-refractivity contribution in [3.8, 4) is 0 Å². The van der Waals surface area contributed by atoms with Gasteiger partial charge in [0.25, 0.3) is 5.91 Å². The first-order valence-corrected chi connectivity index (χ1v) is 14.0. The Morgan fingerprint density at radius 1 is 0.969 bits per heavy atom. The Morgan fingerprint density at radius 2 is 1.69 bits per heavy atom. The molecule has 3 fully saturated rings. The van der Waals surface area contributed by atoms with Gasteiger partial charge in [0.15, 0.2) is 0 Å². The number of piperidine rings is 2.